The van der Waals surface area contributed by atoms with Crippen LogP contribution < -0.4 is 4.74 Å². The number of methoxy groups -OCH3 is 1. The summed E-state index contributed by atoms with van der Waals surface area (Å²) < 4.78 is 72.7. The molecule has 0 bridgehead atoms. The van der Waals surface area contributed by atoms with E-state index in [2.05, 4.69) is 0 Å². The first-order valence-electron chi connectivity index (χ1n) is 8.99. The molecule has 4 nitrogen and oxygen atoms in total. The minimum absolute atomic E-state index is 0.124. The molecule has 1 aromatic rings. The Labute approximate surface area is 174 Å². The highest BCUT2D eigenvalue weighted by Gasteiger charge is 2.66. The van der Waals surface area contributed by atoms with Crippen LogP contribution in [0.3, 0.4) is 0 Å². The van der Waals surface area contributed by atoms with Crippen LogP contribution in [0.2, 0.25) is 24.7 Å². The fraction of sp³-hybridized carbons (Fsp3) is 0.632. The van der Waals surface area contributed by atoms with E-state index in [0.717, 1.165) is 0 Å². The Morgan fingerprint density at radius 1 is 1.17 bits per heavy atom. The lowest BCUT2D eigenvalue weighted by Gasteiger charge is -2.42. The largest absolute Gasteiger partial charge is 0.493 e. The van der Waals surface area contributed by atoms with E-state index in [1.54, 1.807) is 19.6 Å². The van der Waals surface area contributed by atoms with Crippen LogP contribution in [0.1, 0.15) is 32.8 Å². The van der Waals surface area contributed by atoms with Gasteiger partial charge in [-0.1, -0.05) is 31.5 Å². The predicted octanol–water partition coefficient (Wildman–Crippen LogP) is 5.87. The highest BCUT2D eigenvalue weighted by atomic mass is 35.5. The van der Waals surface area contributed by atoms with Crippen molar-refractivity contribution < 1.29 is 36.3 Å². The van der Waals surface area contributed by atoms with Gasteiger partial charge in [-0.15, -0.1) is 0 Å². The molecule has 0 spiro atoms. The number of carbonyl (C=O) groups excluding carboxylic acids is 1. The van der Waals surface area contributed by atoms with Crippen molar-refractivity contribution in [3.05, 3.63) is 28.5 Å². The van der Waals surface area contributed by atoms with Gasteiger partial charge in [0.2, 0.25) is 0 Å². The third-order valence-corrected chi connectivity index (χ3v) is 5.47. The van der Waals surface area contributed by atoms with E-state index in [9.17, 15) is 22.4 Å². The van der Waals surface area contributed by atoms with Crippen LogP contribution in [0, 0.1) is 5.82 Å². The summed E-state index contributed by atoms with van der Waals surface area (Å²) in [4.78, 5) is 12.6. The standard InChI is InChI=1S/C19H27ClF4O4Si/c1-8-27-16(25)18(19(22,23)24,28-29(5,6)7)11-17(2,3)12-9-10-13(20)14(21)15(12)26-4/h9-10H,8,11H2,1-7H3. The van der Waals surface area contributed by atoms with E-state index in [1.807, 2.05) is 0 Å². The quantitative estimate of drug-likeness (QED) is 0.277. The maximum atomic E-state index is 14.4. The Morgan fingerprint density at radius 3 is 2.14 bits per heavy atom. The zero-order valence-electron chi connectivity index (χ0n) is 17.6. The van der Waals surface area contributed by atoms with Crippen molar-refractivity contribution in [1.29, 1.82) is 0 Å². The molecule has 0 aliphatic heterocycles. The first-order chi connectivity index (χ1) is 13.0. The zero-order valence-corrected chi connectivity index (χ0v) is 19.3. The molecule has 0 radical (unpaired) electrons. The second-order valence-electron chi connectivity index (χ2n) is 8.26. The van der Waals surface area contributed by atoms with Crippen molar-refractivity contribution in [2.75, 3.05) is 13.7 Å². The molecule has 0 aliphatic carbocycles. The molecule has 10 heteroatoms. The maximum absolute atomic E-state index is 14.4. The highest BCUT2D eigenvalue weighted by molar-refractivity contribution is 6.70. The molecule has 0 aromatic heterocycles. The van der Waals surface area contributed by atoms with Crippen LogP contribution in [0.25, 0.3) is 0 Å². The number of rotatable bonds is 8. The second-order valence-corrected chi connectivity index (χ2v) is 13.1. The Bertz CT molecular complexity index is 747. The molecule has 1 rings (SSSR count). The monoisotopic (exact) mass is 458 g/mol. The van der Waals surface area contributed by atoms with Crippen LogP contribution in [-0.2, 0) is 19.4 Å². The molecule has 0 heterocycles. The summed E-state index contributed by atoms with van der Waals surface area (Å²) in [7, 11) is -1.69. The second kappa shape index (κ2) is 8.81. The van der Waals surface area contributed by atoms with Gasteiger partial charge in [-0.3, -0.25) is 0 Å². The van der Waals surface area contributed by atoms with E-state index in [1.165, 1.54) is 40.0 Å². The van der Waals surface area contributed by atoms with Crippen molar-refractivity contribution in [2.45, 2.75) is 64.0 Å². The fourth-order valence-electron chi connectivity index (χ4n) is 3.18. The summed E-state index contributed by atoms with van der Waals surface area (Å²) in [6, 6.07) is 2.61. The number of hydrogen-bond donors (Lipinski definition) is 0. The van der Waals surface area contributed by atoms with Crippen molar-refractivity contribution in [3.63, 3.8) is 0 Å². The Balaban J connectivity index is 3.67. The van der Waals surface area contributed by atoms with E-state index < -0.39 is 43.7 Å². The van der Waals surface area contributed by atoms with Crippen molar-refractivity contribution in [2.24, 2.45) is 0 Å². The SMILES string of the molecule is CCOC(=O)C(CC(C)(C)c1ccc(Cl)c(F)c1OC)(O[Si](C)(C)C)C(F)(F)F. The predicted molar refractivity (Wildman–Crippen MR) is 105 cm³/mol. The van der Waals surface area contributed by atoms with Gasteiger partial charge < -0.3 is 13.9 Å². The normalized spacial score (nSPS) is 15.0. The van der Waals surface area contributed by atoms with Crippen LogP contribution in [0.4, 0.5) is 17.6 Å². The number of halogens is 5. The van der Waals surface area contributed by atoms with E-state index in [-0.39, 0.29) is 22.9 Å². The molecule has 1 aromatic carbocycles. The lowest BCUT2D eigenvalue weighted by molar-refractivity contribution is -0.261. The number of esters is 1. The minimum Gasteiger partial charge on any atom is -0.493 e. The lowest BCUT2D eigenvalue weighted by atomic mass is 9.74. The number of carbonyl (C=O) groups is 1. The molecule has 0 N–H and O–H groups in total. The molecule has 0 amide bonds. The smallest absolute Gasteiger partial charge is 0.427 e. The summed E-state index contributed by atoms with van der Waals surface area (Å²) in [6.07, 6.45) is -5.89. The summed E-state index contributed by atoms with van der Waals surface area (Å²) >= 11 is 5.77. The zero-order chi connectivity index (χ0) is 22.8. The van der Waals surface area contributed by atoms with Gasteiger partial charge in [0.05, 0.1) is 18.7 Å². The van der Waals surface area contributed by atoms with E-state index >= 15 is 0 Å². The van der Waals surface area contributed by atoms with Gasteiger partial charge in [0, 0.05) is 12.0 Å². The van der Waals surface area contributed by atoms with Crippen LogP contribution in [-0.4, -0.2) is 39.8 Å². The first kappa shape index (κ1) is 25.7. The van der Waals surface area contributed by atoms with Crippen molar-refractivity contribution in [1.82, 2.24) is 0 Å². The number of benzene rings is 1. The maximum Gasteiger partial charge on any atom is 0.427 e. The summed E-state index contributed by atoms with van der Waals surface area (Å²) in [5, 5.41) is -0.229. The van der Waals surface area contributed by atoms with Crippen LogP contribution in [0.15, 0.2) is 12.1 Å². The molecule has 1 unspecified atom stereocenters. The van der Waals surface area contributed by atoms with Crippen molar-refractivity contribution in [3.8, 4) is 5.75 Å². The number of ether oxygens (including phenoxy) is 2. The van der Waals surface area contributed by atoms with Gasteiger partial charge in [0.15, 0.2) is 19.9 Å². The molecular formula is C19H27ClF4O4Si. The third-order valence-electron chi connectivity index (χ3n) is 4.22. The Kier molecular flexibility index (Phi) is 7.81. The molecule has 0 fully saturated rings. The van der Waals surface area contributed by atoms with Gasteiger partial charge in [0.1, 0.15) is 0 Å². The van der Waals surface area contributed by atoms with Gasteiger partial charge in [0.25, 0.3) is 5.60 Å². The minimum atomic E-state index is -5.06. The molecular weight excluding hydrogens is 432 g/mol. The molecule has 29 heavy (non-hydrogen) atoms. The highest BCUT2D eigenvalue weighted by Crippen LogP contribution is 2.48. The number of hydrogen-bond acceptors (Lipinski definition) is 4. The van der Waals surface area contributed by atoms with Gasteiger partial charge in [-0.2, -0.15) is 13.2 Å². The van der Waals surface area contributed by atoms with Crippen LogP contribution >= 0.6 is 11.6 Å². The molecule has 0 aliphatic rings. The van der Waals surface area contributed by atoms with Crippen molar-refractivity contribution >= 4 is 25.9 Å². The van der Waals surface area contributed by atoms with Gasteiger partial charge in [-0.25, -0.2) is 9.18 Å². The summed E-state index contributed by atoms with van der Waals surface area (Å²) in [5.41, 5.74) is -4.48. The third kappa shape index (κ3) is 5.64. The average molecular weight is 459 g/mol. The Morgan fingerprint density at radius 2 is 1.72 bits per heavy atom. The topological polar surface area (TPSA) is 44.8 Å². The van der Waals surface area contributed by atoms with Crippen LogP contribution in [0.5, 0.6) is 5.75 Å². The average Bonchev–Trinajstić information content (AvgIpc) is 2.53. The number of alkyl halides is 3. The Hall–Kier alpha value is -1.32. The molecule has 0 saturated heterocycles. The lowest BCUT2D eigenvalue weighted by Crippen LogP contribution is -2.61. The molecule has 1 atom stereocenters. The molecule has 166 valence electrons. The summed E-state index contributed by atoms with van der Waals surface area (Å²) in [6.45, 7) is 8.70. The van der Waals surface area contributed by atoms with Gasteiger partial charge >= 0.3 is 12.1 Å². The fourth-order valence-corrected chi connectivity index (χ4v) is 4.64. The van der Waals surface area contributed by atoms with Gasteiger partial charge in [-0.05, 0) is 38.0 Å². The van der Waals surface area contributed by atoms with E-state index in [0.29, 0.717) is 0 Å². The van der Waals surface area contributed by atoms with E-state index in [4.69, 9.17) is 25.5 Å². The molecule has 0 saturated carbocycles. The first-order valence-corrected chi connectivity index (χ1v) is 12.8. The summed E-state index contributed by atoms with van der Waals surface area (Å²) in [5.74, 6) is -2.69.